The Balaban J connectivity index is 0.00000833. The van der Waals surface area contributed by atoms with Crippen LogP contribution in [0.5, 0.6) is 11.5 Å². The van der Waals surface area contributed by atoms with E-state index in [4.69, 9.17) is 26.5 Å². The van der Waals surface area contributed by atoms with Gasteiger partial charge < -0.3 is 18.3 Å². The molecule has 4 aromatic heterocycles. The van der Waals surface area contributed by atoms with Gasteiger partial charge in [0.2, 0.25) is 0 Å². The van der Waals surface area contributed by atoms with Gasteiger partial charge in [0.15, 0.2) is 0 Å². The van der Waals surface area contributed by atoms with Crippen molar-refractivity contribution in [1.29, 1.82) is 0 Å². The summed E-state index contributed by atoms with van der Waals surface area (Å²) in [4.78, 5) is 4.91. The van der Waals surface area contributed by atoms with Crippen molar-refractivity contribution in [3.63, 3.8) is 0 Å². The Morgan fingerprint density at radius 3 is 1.98 bits per heavy atom. The van der Waals surface area contributed by atoms with Crippen LogP contribution in [0, 0.1) is 32.2 Å². The van der Waals surface area contributed by atoms with Gasteiger partial charge in [0, 0.05) is 63.3 Å². The number of hydrogen-bond acceptors (Lipinski definition) is 3. The maximum Gasteiger partial charge on any atom is 0.268 e. The number of aromatic nitrogens is 4. The molecule has 0 saturated heterocycles. The number of rotatable bonds is 7. The van der Waals surface area contributed by atoms with Crippen LogP contribution in [0.2, 0.25) is 0 Å². The normalized spacial score (nSPS) is 15.8. The molecule has 0 radical (unpaired) electrons. The van der Waals surface area contributed by atoms with E-state index in [2.05, 4.69) is 120 Å². The van der Waals surface area contributed by atoms with Crippen LogP contribution in [-0.4, -0.2) is 14.1 Å². The summed E-state index contributed by atoms with van der Waals surface area (Å²) in [7, 11) is 0. The van der Waals surface area contributed by atoms with Crippen molar-refractivity contribution in [2.45, 2.75) is 91.3 Å². The minimum atomic E-state index is -2.77. The van der Waals surface area contributed by atoms with Crippen LogP contribution in [0.4, 0.5) is 0 Å². The van der Waals surface area contributed by atoms with Gasteiger partial charge in [-0.25, -0.2) is 4.98 Å². The topological polar surface area (TPSA) is 49.0 Å². The number of hydrogen-bond donors (Lipinski definition) is 0. The molecule has 0 bridgehead atoms. The van der Waals surface area contributed by atoms with Gasteiger partial charge in [0.1, 0.15) is 17.0 Å². The van der Waals surface area contributed by atoms with Gasteiger partial charge in [-0.05, 0) is 209 Å². The van der Waals surface area contributed by atoms with Crippen LogP contribution in [0.1, 0.15) is 104 Å². The molecule has 0 atom stereocenters. The van der Waals surface area contributed by atoms with Crippen LogP contribution >= 0.6 is 0 Å². The number of imidazole rings is 1. The van der Waals surface area contributed by atoms with Crippen LogP contribution in [0.25, 0.3) is 139 Å². The van der Waals surface area contributed by atoms with E-state index in [0.717, 1.165) is 90.2 Å². The number of ether oxygens (including phenoxy) is 1. The molecule has 1 aliphatic heterocycles. The smallest absolute Gasteiger partial charge is 0.268 e. The Morgan fingerprint density at radius 1 is 0.548 bits per heavy atom. The van der Waals surface area contributed by atoms with Crippen molar-refractivity contribution < 1.29 is 49.9 Å². The Bertz CT molecular complexity index is 6090. The molecule has 0 saturated carbocycles. The van der Waals surface area contributed by atoms with Crippen molar-refractivity contribution in [2.75, 3.05) is 0 Å². The zero-order valence-corrected chi connectivity index (χ0v) is 54.6. The number of para-hydroxylation sites is 2. The number of fused-ring (bicyclic) bond motifs is 14. The Morgan fingerprint density at radius 2 is 1.22 bits per heavy atom. The van der Waals surface area contributed by atoms with Crippen LogP contribution in [0.15, 0.2) is 229 Å². The molecule has 0 spiro atoms. The first kappa shape index (κ1) is 47.1. The number of pyridine rings is 1. The van der Waals surface area contributed by atoms with Crippen molar-refractivity contribution in [3.8, 4) is 95.5 Å². The molecule has 5 heterocycles. The minimum absolute atomic E-state index is 0. The summed E-state index contributed by atoms with van der Waals surface area (Å²) in [5.74, 6) is 1.47. The zero-order valence-electron chi connectivity index (χ0n) is 63.3. The molecule has 6 nitrogen and oxygen atoms in total. The molecule has 93 heavy (non-hydrogen) atoms. The maximum absolute atomic E-state index is 9.59. The van der Waals surface area contributed by atoms with Gasteiger partial charge in [-0.15, -0.1) is 29.7 Å². The summed E-state index contributed by atoms with van der Waals surface area (Å²) in [6.07, 6.45) is 7.52. The van der Waals surface area contributed by atoms with E-state index in [1.807, 2.05) is 137 Å². The van der Waals surface area contributed by atoms with Crippen LogP contribution in [-0.2, 0) is 37.3 Å². The SMILES string of the molecule is [2H]c1c([2H])c([2H])c(-c2cc3c4c(c2)n(-c2[c-]c(Oc5[c-]c6c(cc5)c5ccccc5n6-c5cc(C(C)(C)C)ccn5)ccc2)[c-][n+]4-c2c(-c4ccc5oc6ccccc6c5c4)cc(-c4c(C([2H])([2H])[2H])cccc4C([2H])([2H])[2H])cc2-c2cc4c(cc2-c2ccccc2-3)C(C)(C)CCC4(C)C)c([2H])c1[2H].[Pt]. The van der Waals surface area contributed by atoms with Crippen molar-refractivity contribution in [2.24, 2.45) is 0 Å². The minimum Gasteiger partial charge on any atom is -0.510 e. The zero-order chi connectivity index (χ0) is 71.9. The molecule has 11 aromatic carbocycles. The van der Waals surface area contributed by atoms with E-state index in [1.165, 1.54) is 18.2 Å². The molecule has 0 fully saturated rings. The standard InChI is InChI=1S/C86H68N4O2.Pt/c1-52-21-19-22-53(2)81(52)57-43-67(55-33-36-79-70(41-55)66-30-16-18-32-78(66)92-79)82-72(44-57)69-50-74-73(85(6,7)38-39-86(74,8)9)49-68(69)62-27-13-14-28-63(62)71-42-56(54-23-11-10-12-24-54)45-77-83(71)89(82)51-88(77)59-25-20-26-60(47-59)91-61-34-35-65-64-29-15-17-31-75(64)90(76(65)48-61)80-46-58(37-40-87-80)84(3,4)5;/h10-37,40-46,49-50H,38-39H2,1-9H3;/q-2;/i1D3,2D3,10D,11D,12D,23D,24D;. The van der Waals surface area contributed by atoms with Gasteiger partial charge in [0.05, 0.1) is 23.6 Å². The first-order valence-electron chi connectivity index (χ1n) is 36.8. The molecule has 2 aliphatic rings. The van der Waals surface area contributed by atoms with E-state index < -0.39 is 31.8 Å². The predicted molar refractivity (Wildman–Crippen MR) is 377 cm³/mol. The van der Waals surface area contributed by atoms with E-state index in [-0.39, 0.29) is 71.6 Å². The number of furan rings is 1. The quantitative estimate of drug-likeness (QED) is 0.118. The molecule has 0 N–H and O–H groups in total. The Kier molecular flexibility index (Phi) is 10.9. The van der Waals surface area contributed by atoms with Gasteiger partial charge >= 0.3 is 0 Å². The summed E-state index contributed by atoms with van der Waals surface area (Å²) in [5, 5.41) is 3.66. The Labute approximate surface area is 573 Å². The van der Waals surface area contributed by atoms with Crippen molar-refractivity contribution in [3.05, 3.63) is 271 Å². The largest absolute Gasteiger partial charge is 0.510 e. The molecule has 1 aliphatic carbocycles. The summed E-state index contributed by atoms with van der Waals surface area (Å²) in [6, 6.07) is 65.5. The number of benzene rings is 11. The molecule has 0 unspecified atom stereocenters. The van der Waals surface area contributed by atoms with Gasteiger partial charge in [0.25, 0.3) is 6.33 Å². The van der Waals surface area contributed by atoms with E-state index in [9.17, 15) is 2.74 Å². The molecule has 0 amide bonds. The summed E-state index contributed by atoms with van der Waals surface area (Å²) >= 11 is 0. The van der Waals surface area contributed by atoms with Crippen molar-refractivity contribution in [1.82, 2.24) is 14.1 Å². The predicted octanol–water partition coefficient (Wildman–Crippen LogP) is 22.1. The second-order valence-corrected chi connectivity index (χ2v) is 27.0. The first-order valence-corrected chi connectivity index (χ1v) is 31.3. The second-order valence-electron chi connectivity index (χ2n) is 27.0. The molecule has 456 valence electrons. The fourth-order valence-corrected chi connectivity index (χ4v) is 14.5. The first-order chi connectivity index (χ1) is 49.0. The molecule has 17 rings (SSSR count). The average Bonchev–Trinajstić information content (AvgIpc) is 1.42. The van der Waals surface area contributed by atoms with Gasteiger partial charge in [-0.3, -0.25) is 4.57 Å². The van der Waals surface area contributed by atoms with Gasteiger partial charge in [-0.2, -0.15) is 18.2 Å². The Hall–Kier alpha value is -9.87. The van der Waals surface area contributed by atoms with Crippen molar-refractivity contribution >= 4 is 54.8 Å². The average molecular weight is 1400 g/mol. The second kappa shape index (κ2) is 21.6. The fraction of sp³-hybridized carbons (Fsp3) is 0.163. The number of aryl methyl sites for hydroxylation is 2. The van der Waals surface area contributed by atoms with Crippen LogP contribution in [0.3, 0.4) is 0 Å². The monoisotopic (exact) mass is 1390 g/mol. The third-order valence-electron chi connectivity index (χ3n) is 19.3. The molecule has 7 heteroatoms. The molecular formula is C86H68N4O2Pt-2. The number of nitrogens with zero attached hydrogens (tertiary/aromatic N) is 4. The summed E-state index contributed by atoms with van der Waals surface area (Å²) in [6.45, 7) is 10.1. The molecular weight excluding hydrogens is 1320 g/mol. The van der Waals surface area contributed by atoms with E-state index in [1.54, 1.807) is 0 Å². The fourth-order valence-electron chi connectivity index (χ4n) is 14.5. The van der Waals surface area contributed by atoms with E-state index >= 15 is 0 Å². The summed E-state index contributed by atoms with van der Waals surface area (Å²) in [5.41, 5.74) is 14.0. The van der Waals surface area contributed by atoms with Gasteiger partial charge in [-0.1, -0.05) is 181 Å². The summed E-state index contributed by atoms with van der Waals surface area (Å²) < 4.78 is 120. The maximum atomic E-state index is 9.59. The van der Waals surface area contributed by atoms with E-state index in [0.29, 0.717) is 78.5 Å². The molecule has 15 aromatic rings. The third-order valence-corrected chi connectivity index (χ3v) is 19.3. The van der Waals surface area contributed by atoms with Crippen LogP contribution < -0.4 is 9.30 Å². The third kappa shape index (κ3) is 9.46.